The van der Waals surface area contributed by atoms with E-state index in [1.165, 1.54) is 9.80 Å². The molecule has 2 aliphatic carbocycles. The van der Waals surface area contributed by atoms with Crippen molar-refractivity contribution >= 4 is 35.6 Å². The lowest BCUT2D eigenvalue weighted by atomic mass is 9.80. The summed E-state index contributed by atoms with van der Waals surface area (Å²) in [4.78, 5) is 81.0. The summed E-state index contributed by atoms with van der Waals surface area (Å²) >= 11 is 0. The number of nitrogens with zero attached hydrogens (tertiary/aromatic N) is 2. The average molecular weight is 636 g/mol. The molecule has 13 nitrogen and oxygen atoms in total. The Labute approximate surface area is 267 Å². The predicted octanol–water partition coefficient (Wildman–Crippen LogP) is 1.31. The molecule has 0 radical (unpaired) electrons. The van der Waals surface area contributed by atoms with E-state index in [9.17, 15) is 28.8 Å². The highest BCUT2D eigenvalue weighted by Gasteiger charge is 2.70. The number of carbonyl (C=O) groups is 6. The van der Waals surface area contributed by atoms with Crippen LogP contribution in [0.2, 0.25) is 0 Å². The minimum absolute atomic E-state index is 0.0641. The Hall–Kier alpha value is -3.22. The Morgan fingerprint density at radius 2 is 1.56 bits per heavy atom. The van der Waals surface area contributed by atoms with Gasteiger partial charge in [-0.1, -0.05) is 74.7 Å². The van der Waals surface area contributed by atoms with Gasteiger partial charge in [-0.15, -0.1) is 0 Å². The Kier molecular flexibility index (Phi) is 10.7. The number of hydrogen-bond acceptors (Lipinski definition) is 7. The van der Waals surface area contributed by atoms with Gasteiger partial charge in [0.15, 0.2) is 0 Å². The smallest absolute Gasteiger partial charge is 0.409 e. The number of ketones is 1. The molecule has 3 aliphatic rings. The molecule has 254 valence electrons. The molecular weight excluding hydrogens is 580 g/mol. The number of likely N-dealkylation sites (tertiary alicyclic amines) is 1. The maximum atomic E-state index is 14.3. The van der Waals surface area contributed by atoms with Gasteiger partial charge in [-0.2, -0.15) is 0 Å². The Bertz CT molecular complexity index is 1180. The lowest BCUT2D eigenvalue weighted by Crippen LogP contribution is -2.66. The zero-order valence-electron chi connectivity index (χ0n) is 28.7. The summed E-state index contributed by atoms with van der Waals surface area (Å²) in [5, 5.41) is 8.54. The maximum absolute atomic E-state index is 14.3. The quantitative estimate of drug-likeness (QED) is 0.247. The molecule has 3 fully saturated rings. The number of urea groups is 1. The van der Waals surface area contributed by atoms with Crippen LogP contribution < -0.4 is 21.7 Å². The largest absolute Gasteiger partial charge is 0.447 e. The van der Waals surface area contributed by atoms with Gasteiger partial charge in [0.2, 0.25) is 11.8 Å². The molecule has 1 heterocycles. The van der Waals surface area contributed by atoms with Crippen LogP contribution >= 0.6 is 0 Å². The molecule has 13 heteroatoms. The lowest BCUT2D eigenvalue weighted by Gasteiger charge is -2.38. The SMILES string of the molecule is CN(C)C(=O)OC[C@@H](NC(=O)N[C@H](C(=O)N1C[C@H]2[C@@H]([C@H]1C(=O)NC(CC1CCC1)C(=O)C([NH3+])=O)C2(C)C)C(C)(C)C)C(C)(C)C. The summed E-state index contributed by atoms with van der Waals surface area (Å²) in [7, 11) is 3.13. The van der Waals surface area contributed by atoms with E-state index in [0.717, 1.165) is 19.3 Å². The molecule has 1 unspecified atom stereocenters. The third kappa shape index (κ3) is 8.33. The summed E-state index contributed by atoms with van der Waals surface area (Å²) in [6, 6.07) is -3.99. The summed E-state index contributed by atoms with van der Waals surface area (Å²) in [5.74, 6) is -2.23. The molecule has 1 saturated heterocycles. The zero-order chi connectivity index (χ0) is 34.2. The van der Waals surface area contributed by atoms with Crippen molar-refractivity contribution in [2.45, 2.75) is 105 Å². The molecule has 0 aromatic rings. The van der Waals surface area contributed by atoms with E-state index < -0.39 is 70.6 Å². The monoisotopic (exact) mass is 635 g/mol. The van der Waals surface area contributed by atoms with Crippen LogP contribution in [0.3, 0.4) is 0 Å². The average Bonchev–Trinajstić information content (AvgIpc) is 3.20. The van der Waals surface area contributed by atoms with Gasteiger partial charge in [-0.25, -0.2) is 14.4 Å². The standard InChI is InChI=1S/C32H54N6O7/c1-30(2,3)20(16-45-29(44)37(9)10)35-28(43)36-24(31(4,5)6)27(42)38-15-18-21(32(18,7)8)22(38)26(41)34-19(23(39)25(33)40)14-17-12-11-13-17/h17-22,24H,11-16H2,1-10H3,(H2,33,40)(H,34,41)(H2,35,36,43)/p+1/t18-,19?,20+,21-,22-,24+/m0/s1. The van der Waals surface area contributed by atoms with Crippen LogP contribution in [0.1, 0.15) is 81.1 Å². The predicted molar refractivity (Wildman–Crippen MR) is 166 cm³/mol. The van der Waals surface area contributed by atoms with E-state index in [1.807, 2.05) is 41.5 Å². The Balaban J connectivity index is 1.80. The first kappa shape index (κ1) is 36.3. The minimum Gasteiger partial charge on any atom is -0.447 e. The van der Waals surface area contributed by atoms with Crippen molar-refractivity contribution < 1.29 is 39.2 Å². The van der Waals surface area contributed by atoms with Gasteiger partial charge in [-0.3, -0.25) is 20.1 Å². The maximum Gasteiger partial charge on any atom is 0.409 e. The highest BCUT2D eigenvalue weighted by Crippen LogP contribution is 2.65. The van der Waals surface area contributed by atoms with E-state index in [4.69, 9.17) is 4.74 Å². The van der Waals surface area contributed by atoms with E-state index in [2.05, 4.69) is 35.5 Å². The van der Waals surface area contributed by atoms with Crippen LogP contribution in [0.5, 0.6) is 0 Å². The number of ether oxygens (including phenoxy) is 1. The first-order chi connectivity index (χ1) is 20.6. The van der Waals surface area contributed by atoms with Gasteiger partial charge >= 0.3 is 18.0 Å². The second-order valence-corrected chi connectivity index (χ2v) is 16.1. The molecule has 0 aromatic carbocycles. The Morgan fingerprint density at radius 3 is 2.02 bits per heavy atom. The Morgan fingerprint density at radius 1 is 0.956 bits per heavy atom. The molecule has 3 rings (SSSR count). The fraction of sp³-hybridized carbons (Fsp3) is 0.812. The van der Waals surface area contributed by atoms with Crippen molar-refractivity contribution in [1.29, 1.82) is 0 Å². The highest BCUT2D eigenvalue weighted by atomic mass is 16.6. The van der Waals surface area contributed by atoms with Crippen molar-refractivity contribution in [2.24, 2.45) is 34.0 Å². The number of nitrogens with one attached hydrogen (secondary N) is 3. The van der Waals surface area contributed by atoms with E-state index in [0.29, 0.717) is 13.0 Å². The van der Waals surface area contributed by atoms with Gasteiger partial charge in [-0.05, 0) is 40.4 Å². The molecule has 6 amide bonds. The van der Waals surface area contributed by atoms with Crippen LogP contribution in [-0.4, -0.2) is 96.8 Å². The van der Waals surface area contributed by atoms with Crippen molar-refractivity contribution in [3.8, 4) is 0 Å². The van der Waals surface area contributed by atoms with Gasteiger partial charge < -0.3 is 30.5 Å². The number of rotatable bonds is 11. The van der Waals surface area contributed by atoms with E-state index in [-0.39, 0.29) is 29.8 Å². The summed E-state index contributed by atoms with van der Waals surface area (Å²) in [5.41, 5.74) is 1.89. The molecule has 0 aromatic heterocycles. The zero-order valence-corrected chi connectivity index (χ0v) is 28.7. The van der Waals surface area contributed by atoms with Crippen LogP contribution in [0.25, 0.3) is 0 Å². The fourth-order valence-electron chi connectivity index (χ4n) is 6.50. The van der Waals surface area contributed by atoms with Crippen molar-refractivity contribution in [2.75, 3.05) is 27.2 Å². The minimum atomic E-state index is -0.993. The number of carbonyl (C=O) groups excluding carboxylic acids is 6. The van der Waals surface area contributed by atoms with Gasteiger partial charge in [0.25, 0.3) is 5.78 Å². The summed E-state index contributed by atoms with van der Waals surface area (Å²) in [6.07, 6.45) is 2.75. The summed E-state index contributed by atoms with van der Waals surface area (Å²) in [6.45, 7) is 15.6. The molecule has 0 bridgehead atoms. The van der Waals surface area contributed by atoms with E-state index >= 15 is 0 Å². The van der Waals surface area contributed by atoms with Gasteiger partial charge in [0, 0.05) is 20.6 Å². The molecule has 45 heavy (non-hydrogen) atoms. The van der Waals surface area contributed by atoms with Crippen molar-refractivity contribution in [3.63, 3.8) is 0 Å². The molecule has 2 saturated carbocycles. The second kappa shape index (κ2) is 13.3. The van der Waals surface area contributed by atoms with Crippen LogP contribution in [0, 0.1) is 34.0 Å². The number of quaternary nitrogens is 1. The molecule has 1 aliphatic heterocycles. The molecule has 0 spiro atoms. The number of amides is 6. The van der Waals surface area contributed by atoms with Gasteiger partial charge in [0.1, 0.15) is 24.7 Å². The normalized spacial score (nSPS) is 24.2. The number of fused-ring (bicyclic) bond motifs is 1. The summed E-state index contributed by atoms with van der Waals surface area (Å²) < 4.78 is 5.34. The van der Waals surface area contributed by atoms with Crippen LogP contribution in [0.15, 0.2) is 0 Å². The first-order valence-electron chi connectivity index (χ1n) is 16.0. The lowest BCUT2D eigenvalue weighted by molar-refractivity contribution is -0.300. The number of Topliss-reactive ketones (excluding diaryl/α,β-unsaturated/α-hetero) is 1. The van der Waals surface area contributed by atoms with Crippen LogP contribution in [0.4, 0.5) is 9.59 Å². The fourth-order valence-corrected chi connectivity index (χ4v) is 6.50. The number of hydrogen-bond donors (Lipinski definition) is 4. The van der Waals surface area contributed by atoms with E-state index in [1.54, 1.807) is 14.1 Å². The molecule has 6 atom stereocenters. The molecule has 6 N–H and O–H groups in total. The van der Waals surface area contributed by atoms with Crippen molar-refractivity contribution in [1.82, 2.24) is 25.8 Å². The highest BCUT2D eigenvalue weighted by molar-refractivity contribution is 6.34. The van der Waals surface area contributed by atoms with Crippen molar-refractivity contribution in [3.05, 3.63) is 0 Å². The molecular formula is C32H55N6O7+. The third-order valence-corrected chi connectivity index (χ3v) is 9.94. The second-order valence-electron chi connectivity index (χ2n) is 16.1. The number of piperidine rings is 1. The van der Waals surface area contributed by atoms with Crippen LogP contribution in [-0.2, 0) is 23.9 Å². The third-order valence-electron chi connectivity index (χ3n) is 9.94. The van der Waals surface area contributed by atoms with Gasteiger partial charge in [0.05, 0.1) is 6.04 Å². The first-order valence-corrected chi connectivity index (χ1v) is 16.0. The topological polar surface area (TPSA) is 182 Å².